The molecule has 0 spiro atoms. The van der Waals surface area contributed by atoms with Crippen molar-refractivity contribution in [1.29, 1.82) is 0 Å². The maximum Gasteiger partial charge on any atom is 0.334 e. The molecule has 0 aromatic heterocycles. The van der Waals surface area contributed by atoms with Gasteiger partial charge in [-0.3, -0.25) is 0 Å². The van der Waals surface area contributed by atoms with Gasteiger partial charge in [0.15, 0.2) is 0 Å². The molecule has 0 saturated carbocycles. The highest BCUT2D eigenvalue weighted by Gasteiger charge is 2.40. The quantitative estimate of drug-likeness (QED) is 0.773. The molecule has 1 atom stereocenters. The number of aliphatic carboxylic acids is 1. The van der Waals surface area contributed by atoms with E-state index in [9.17, 15) is 9.90 Å². The van der Waals surface area contributed by atoms with Gasteiger partial charge < -0.3 is 10.2 Å². The van der Waals surface area contributed by atoms with E-state index in [1.807, 2.05) is 33.8 Å². The maximum atomic E-state index is 11.2. The van der Waals surface area contributed by atoms with Crippen LogP contribution in [0.5, 0.6) is 0 Å². The van der Waals surface area contributed by atoms with Gasteiger partial charge in [0, 0.05) is 0 Å². The molecule has 90 valence electrons. The average molecular weight is 224 g/mol. The van der Waals surface area contributed by atoms with Gasteiger partial charge in [0.2, 0.25) is 0 Å². The molecule has 0 radical (unpaired) electrons. The van der Waals surface area contributed by atoms with Gasteiger partial charge >= 0.3 is 5.97 Å². The van der Waals surface area contributed by atoms with Gasteiger partial charge in [-0.1, -0.05) is 33.8 Å². The highest BCUT2D eigenvalue weighted by molar-refractivity contribution is 5.90. The molecule has 0 bridgehead atoms. The summed E-state index contributed by atoms with van der Waals surface area (Å²) in [4.78, 5) is 11.2. The molecule has 3 nitrogen and oxygen atoms in total. The van der Waals surface area contributed by atoms with E-state index >= 15 is 0 Å². The minimum atomic E-state index is -1.23. The first kappa shape index (κ1) is 13.0. The summed E-state index contributed by atoms with van der Waals surface area (Å²) < 4.78 is 0. The van der Waals surface area contributed by atoms with E-state index in [1.54, 1.807) is 6.08 Å². The van der Waals surface area contributed by atoms with Gasteiger partial charge in [-0.05, 0) is 29.9 Å². The summed E-state index contributed by atoms with van der Waals surface area (Å²) in [7, 11) is 0. The predicted octanol–water partition coefficient (Wildman–Crippen LogP) is 2.37. The third-order valence-corrected chi connectivity index (χ3v) is 3.28. The van der Waals surface area contributed by atoms with Crippen LogP contribution in [0.25, 0.3) is 0 Å². The Morgan fingerprint density at radius 3 is 2.31 bits per heavy atom. The van der Waals surface area contributed by atoms with Gasteiger partial charge in [-0.25, -0.2) is 4.79 Å². The van der Waals surface area contributed by atoms with Crippen LogP contribution in [0.15, 0.2) is 23.3 Å². The number of carbonyl (C=O) groups is 1. The Labute approximate surface area is 96.5 Å². The lowest BCUT2D eigenvalue weighted by Gasteiger charge is -2.35. The topological polar surface area (TPSA) is 57.5 Å². The molecule has 0 aromatic carbocycles. The molecule has 3 heteroatoms. The zero-order valence-electron chi connectivity index (χ0n) is 10.3. The second-order valence-corrected chi connectivity index (χ2v) is 5.01. The summed E-state index contributed by atoms with van der Waals surface area (Å²) in [5, 5.41) is 19.6. The van der Waals surface area contributed by atoms with Crippen LogP contribution in [0.4, 0.5) is 0 Å². The first-order chi connectivity index (χ1) is 7.29. The fraction of sp³-hybridized carbons (Fsp3) is 0.615. The van der Waals surface area contributed by atoms with Crippen molar-refractivity contribution in [2.75, 3.05) is 0 Å². The molecule has 0 saturated heterocycles. The number of carboxylic acid groups (broad SMARTS) is 1. The van der Waals surface area contributed by atoms with Crippen LogP contribution in [0.1, 0.15) is 34.1 Å². The minimum absolute atomic E-state index is 0.111. The summed E-state index contributed by atoms with van der Waals surface area (Å²) in [6, 6.07) is 0. The molecule has 2 N–H and O–H groups in total. The van der Waals surface area contributed by atoms with Crippen molar-refractivity contribution in [1.82, 2.24) is 0 Å². The van der Waals surface area contributed by atoms with E-state index < -0.39 is 11.6 Å². The Morgan fingerprint density at radius 2 is 1.94 bits per heavy atom. The van der Waals surface area contributed by atoms with E-state index in [2.05, 4.69) is 0 Å². The molecule has 1 unspecified atom stereocenters. The zero-order chi connectivity index (χ0) is 12.5. The second kappa shape index (κ2) is 4.42. The number of carboxylic acids is 1. The van der Waals surface area contributed by atoms with Crippen molar-refractivity contribution >= 4 is 5.97 Å². The lowest BCUT2D eigenvalue weighted by atomic mass is 9.75. The fourth-order valence-electron chi connectivity index (χ4n) is 1.93. The first-order valence-corrected chi connectivity index (χ1v) is 5.67. The summed E-state index contributed by atoms with van der Waals surface area (Å²) >= 11 is 0. The molecule has 0 fully saturated rings. The average Bonchev–Trinajstić information content (AvgIpc) is 2.17. The monoisotopic (exact) mass is 224 g/mol. The molecular weight excluding hydrogens is 204 g/mol. The van der Waals surface area contributed by atoms with E-state index in [0.717, 1.165) is 5.57 Å². The highest BCUT2D eigenvalue weighted by atomic mass is 16.4. The van der Waals surface area contributed by atoms with Crippen molar-refractivity contribution in [3.05, 3.63) is 23.3 Å². The standard InChI is InChI=1S/C13H20O3/c1-8(2)10-5-6-13(16,9(3)4)11(7-10)12(14)15/h5,7-9,16H,6H2,1-4H3,(H,14,15). The van der Waals surface area contributed by atoms with Crippen molar-refractivity contribution in [2.45, 2.75) is 39.7 Å². The van der Waals surface area contributed by atoms with Crippen LogP contribution < -0.4 is 0 Å². The Morgan fingerprint density at radius 1 is 1.38 bits per heavy atom. The van der Waals surface area contributed by atoms with E-state index in [1.165, 1.54) is 0 Å². The summed E-state index contributed by atoms with van der Waals surface area (Å²) in [6.45, 7) is 7.71. The normalized spacial score (nSPS) is 25.7. The third-order valence-electron chi connectivity index (χ3n) is 3.28. The third kappa shape index (κ3) is 2.19. The van der Waals surface area contributed by atoms with Gasteiger partial charge in [-0.2, -0.15) is 0 Å². The Kier molecular flexibility index (Phi) is 3.58. The second-order valence-electron chi connectivity index (χ2n) is 5.01. The molecule has 0 aromatic rings. The van der Waals surface area contributed by atoms with Gasteiger partial charge in [-0.15, -0.1) is 0 Å². The maximum absolute atomic E-state index is 11.2. The Hall–Kier alpha value is -1.09. The largest absolute Gasteiger partial charge is 0.478 e. The minimum Gasteiger partial charge on any atom is -0.478 e. The lowest BCUT2D eigenvalue weighted by molar-refractivity contribution is -0.136. The zero-order valence-corrected chi connectivity index (χ0v) is 10.3. The first-order valence-electron chi connectivity index (χ1n) is 5.67. The van der Waals surface area contributed by atoms with Gasteiger partial charge in [0.05, 0.1) is 5.57 Å². The molecular formula is C13H20O3. The summed E-state index contributed by atoms with van der Waals surface area (Å²) in [6.07, 6.45) is 3.95. The smallest absolute Gasteiger partial charge is 0.334 e. The van der Waals surface area contributed by atoms with Crippen LogP contribution in [0.2, 0.25) is 0 Å². The SMILES string of the molecule is CC(C)C1=CCC(O)(C(C)C)C(C(=O)O)=C1. The number of allylic oxidation sites excluding steroid dienone is 2. The molecule has 16 heavy (non-hydrogen) atoms. The predicted molar refractivity (Wildman–Crippen MR) is 63.0 cm³/mol. The van der Waals surface area contributed by atoms with E-state index in [-0.39, 0.29) is 17.4 Å². The van der Waals surface area contributed by atoms with Gasteiger partial charge in [0.1, 0.15) is 5.60 Å². The lowest BCUT2D eigenvalue weighted by Crippen LogP contribution is -2.41. The number of hydrogen-bond acceptors (Lipinski definition) is 2. The highest BCUT2D eigenvalue weighted by Crippen LogP contribution is 2.36. The summed E-state index contributed by atoms with van der Waals surface area (Å²) in [5.74, 6) is -0.853. The van der Waals surface area contributed by atoms with Crippen LogP contribution in [0, 0.1) is 11.8 Å². The van der Waals surface area contributed by atoms with Crippen LogP contribution in [-0.2, 0) is 4.79 Å². The fourth-order valence-corrected chi connectivity index (χ4v) is 1.93. The molecule has 1 aliphatic rings. The molecule has 0 heterocycles. The van der Waals surface area contributed by atoms with Crippen LogP contribution in [-0.4, -0.2) is 21.8 Å². The Balaban J connectivity index is 3.16. The molecule has 0 aliphatic heterocycles. The van der Waals surface area contributed by atoms with Crippen molar-refractivity contribution in [3.63, 3.8) is 0 Å². The van der Waals surface area contributed by atoms with Crippen molar-refractivity contribution in [2.24, 2.45) is 11.8 Å². The number of aliphatic hydroxyl groups is 1. The van der Waals surface area contributed by atoms with Crippen LogP contribution >= 0.6 is 0 Å². The van der Waals surface area contributed by atoms with E-state index in [4.69, 9.17) is 5.11 Å². The Bertz CT molecular complexity index is 350. The summed E-state index contributed by atoms with van der Waals surface area (Å²) in [5.41, 5.74) is -0.124. The van der Waals surface area contributed by atoms with Crippen LogP contribution in [0.3, 0.4) is 0 Å². The molecule has 1 aliphatic carbocycles. The number of hydrogen-bond donors (Lipinski definition) is 2. The van der Waals surface area contributed by atoms with E-state index in [0.29, 0.717) is 6.42 Å². The molecule has 1 rings (SSSR count). The molecule has 0 amide bonds. The number of rotatable bonds is 3. The van der Waals surface area contributed by atoms with Crippen molar-refractivity contribution in [3.8, 4) is 0 Å². The van der Waals surface area contributed by atoms with Gasteiger partial charge in [0.25, 0.3) is 0 Å². The van der Waals surface area contributed by atoms with Crippen molar-refractivity contribution < 1.29 is 15.0 Å².